The highest BCUT2D eigenvalue weighted by Crippen LogP contribution is 2.42. The van der Waals surface area contributed by atoms with Crippen LogP contribution in [0.25, 0.3) is 0 Å². The molecule has 1 aromatic carbocycles. The molecule has 0 fully saturated rings. The summed E-state index contributed by atoms with van der Waals surface area (Å²) in [6.07, 6.45) is -5.27. The van der Waals surface area contributed by atoms with E-state index in [2.05, 4.69) is 15.9 Å². The maximum absolute atomic E-state index is 12.3. The van der Waals surface area contributed by atoms with Crippen molar-refractivity contribution in [3.63, 3.8) is 0 Å². The molecule has 0 saturated carbocycles. The largest absolute Gasteiger partial charge is 0.496 e. The van der Waals surface area contributed by atoms with E-state index >= 15 is 0 Å². The lowest BCUT2D eigenvalue weighted by Crippen LogP contribution is -2.09. The van der Waals surface area contributed by atoms with Crippen molar-refractivity contribution in [2.24, 2.45) is 0 Å². The Morgan fingerprint density at radius 1 is 1.37 bits per heavy atom. The van der Waals surface area contributed by atoms with E-state index in [1.165, 1.54) is 7.11 Å². The number of hydrogen-bond acceptors (Lipinski definition) is 1. The molecule has 1 rings (SSSR count). The quantitative estimate of drug-likeness (QED) is 0.627. The summed E-state index contributed by atoms with van der Waals surface area (Å²) in [4.78, 5) is 0. The lowest BCUT2D eigenvalue weighted by molar-refractivity contribution is -0.135. The van der Waals surface area contributed by atoms with Gasteiger partial charge in [0, 0.05) is 16.5 Å². The highest BCUT2D eigenvalue weighted by Gasteiger charge is 2.30. The van der Waals surface area contributed by atoms with Crippen LogP contribution in [0.1, 0.15) is 34.9 Å². The Bertz CT molecular complexity index is 460. The fraction of sp³-hybridized carbons (Fsp3) is 0.538. The number of rotatable bonds is 4. The lowest BCUT2D eigenvalue weighted by Gasteiger charge is -2.20. The van der Waals surface area contributed by atoms with Crippen LogP contribution in [0, 0.1) is 13.8 Å². The zero-order valence-electron chi connectivity index (χ0n) is 10.9. The van der Waals surface area contributed by atoms with Crippen molar-refractivity contribution in [1.82, 2.24) is 0 Å². The summed E-state index contributed by atoms with van der Waals surface area (Å²) in [5.41, 5.74) is 2.28. The van der Waals surface area contributed by atoms with Crippen molar-refractivity contribution in [2.75, 3.05) is 7.11 Å². The van der Waals surface area contributed by atoms with E-state index in [4.69, 9.17) is 16.3 Å². The van der Waals surface area contributed by atoms with Crippen LogP contribution >= 0.6 is 27.5 Å². The number of methoxy groups -OCH3 is 1. The molecule has 0 bridgehead atoms. The molecule has 0 aliphatic carbocycles. The van der Waals surface area contributed by atoms with Gasteiger partial charge < -0.3 is 4.74 Å². The van der Waals surface area contributed by atoms with E-state index in [9.17, 15) is 13.2 Å². The Morgan fingerprint density at radius 2 is 1.95 bits per heavy atom. The van der Waals surface area contributed by atoms with Gasteiger partial charge in [-0.3, -0.25) is 0 Å². The summed E-state index contributed by atoms with van der Waals surface area (Å²) < 4.78 is 42.9. The first kappa shape index (κ1) is 16.6. The second-order valence-electron chi connectivity index (χ2n) is 4.37. The second kappa shape index (κ2) is 6.35. The van der Waals surface area contributed by atoms with Gasteiger partial charge >= 0.3 is 6.18 Å². The maximum Gasteiger partial charge on any atom is 0.389 e. The zero-order valence-corrected chi connectivity index (χ0v) is 13.2. The molecule has 0 aliphatic rings. The van der Waals surface area contributed by atoms with Crippen molar-refractivity contribution in [3.8, 4) is 5.75 Å². The Morgan fingerprint density at radius 3 is 2.42 bits per heavy atom. The van der Waals surface area contributed by atoms with Crippen molar-refractivity contribution < 1.29 is 17.9 Å². The molecule has 0 aliphatic heterocycles. The minimum Gasteiger partial charge on any atom is -0.496 e. The van der Waals surface area contributed by atoms with Crippen molar-refractivity contribution in [2.45, 2.75) is 38.2 Å². The van der Waals surface area contributed by atoms with E-state index in [1.807, 2.05) is 19.9 Å². The van der Waals surface area contributed by atoms with Gasteiger partial charge in [-0.15, -0.1) is 11.6 Å². The van der Waals surface area contributed by atoms with Gasteiger partial charge in [-0.1, -0.05) is 15.9 Å². The summed E-state index contributed by atoms with van der Waals surface area (Å²) in [6.45, 7) is 3.64. The molecular weight excluding hydrogens is 344 g/mol. The minimum absolute atomic E-state index is 0.169. The van der Waals surface area contributed by atoms with Gasteiger partial charge in [0.2, 0.25) is 0 Å². The predicted octanol–water partition coefficient (Wildman–Crippen LogP) is 5.70. The molecule has 1 unspecified atom stereocenters. The van der Waals surface area contributed by atoms with Crippen LogP contribution in [-0.2, 0) is 0 Å². The minimum atomic E-state index is -4.20. The average Bonchev–Trinajstić information content (AvgIpc) is 2.29. The highest BCUT2D eigenvalue weighted by atomic mass is 79.9. The Labute approximate surface area is 124 Å². The van der Waals surface area contributed by atoms with E-state index in [1.54, 1.807) is 0 Å². The molecule has 0 saturated heterocycles. The van der Waals surface area contributed by atoms with Crippen LogP contribution in [0.5, 0.6) is 5.75 Å². The van der Waals surface area contributed by atoms with Gasteiger partial charge in [0.25, 0.3) is 0 Å². The third-order valence-electron chi connectivity index (χ3n) is 2.91. The summed E-state index contributed by atoms with van der Waals surface area (Å²) >= 11 is 9.53. The zero-order chi connectivity index (χ0) is 14.8. The summed E-state index contributed by atoms with van der Waals surface area (Å²) in [5, 5.41) is -0.729. The first-order chi connectivity index (χ1) is 8.67. The van der Waals surface area contributed by atoms with Crippen LogP contribution in [0.4, 0.5) is 13.2 Å². The molecule has 6 heteroatoms. The molecule has 0 N–H and O–H groups in total. The number of hydrogen-bond donors (Lipinski definition) is 0. The van der Waals surface area contributed by atoms with Crippen molar-refractivity contribution >= 4 is 27.5 Å². The van der Waals surface area contributed by atoms with Crippen LogP contribution in [0.3, 0.4) is 0 Å². The summed E-state index contributed by atoms with van der Waals surface area (Å²) in [5.74, 6) is 0.558. The molecule has 0 radical (unpaired) electrons. The molecule has 1 nitrogen and oxygen atoms in total. The summed E-state index contributed by atoms with van der Waals surface area (Å²) in [7, 11) is 1.49. The SMILES string of the molecule is COc1c(C)cc(Br)c(C)c1C(Cl)CCC(F)(F)F. The molecule has 0 spiro atoms. The second-order valence-corrected chi connectivity index (χ2v) is 5.75. The van der Waals surface area contributed by atoms with E-state index in [-0.39, 0.29) is 6.42 Å². The van der Waals surface area contributed by atoms with Gasteiger partial charge in [-0.25, -0.2) is 0 Å². The fourth-order valence-corrected chi connectivity index (χ4v) is 2.89. The van der Waals surface area contributed by atoms with Gasteiger partial charge in [0.1, 0.15) is 5.75 Å². The first-order valence-electron chi connectivity index (χ1n) is 5.71. The Hall–Kier alpha value is -0.420. The monoisotopic (exact) mass is 358 g/mol. The molecule has 0 aromatic heterocycles. The molecule has 1 atom stereocenters. The molecule has 0 amide bonds. The molecular formula is C13H15BrClF3O. The van der Waals surface area contributed by atoms with Gasteiger partial charge in [-0.05, 0) is 37.5 Å². The Balaban J connectivity index is 3.11. The molecule has 108 valence electrons. The van der Waals surface area contributed by atoms with Crippen LogP contribution in [-0.4, -0.2) is 13.3 Å². The van der Waals surface area contributed by atoms with Gasteiger partial charge in [-0.2, -0.15) is 13.2 Å². The summed E-state index contributed by atoms with van der Waals surface area (Å²) in [6, 6.07) is 1.87. The third kappa shape index (κ3) is 4.28. The number of halogens is 5. The van der Waals surface area contributed by atoms with E-state index in [0.29, 0.717) is 11.3 Å². The first-order valence-corrected chi connectivity index (χ1v) is 6.94. The van der Waals surface area contributed by atoms with Crippen LogP contribution in [0.15, 0.2) is 10.5 Å². The normalized spacial score (nSPS) is 13.5. The molecule has 1 aromatic rings. The smallest absolute Gasteiger partial charge is 0.389 e. The van der Waals surface area contributed by atoms with Crippen molar-refractivity contribution in [3.05, 3.63) is 27.2 Å². The number of ether oxygens (including phenoxy) is 1. The molecule has 19 heavy (non-hydrogen) atoms. The third-order valence-corrected chi connectivity index (χ3v) is 4.17. The lowest BCUT2D eigenvalue weighted by atomic mass is 9.98. The predicted molar refractivity (Wildman–Crippen MR) is 74.1 cm³/mol. The topological polar surface area (TPSA) is 9.23 Å². The maximum atomic E-state index is 12.3. The Kier molecular flexibility index (Phi) is 5.56. The van der Waals surface area contributed by atoms with Crippen LogP contribution < -0.4 is 4.74 Å². The van der Waals surface area contributed by atoms with Crippen molar-refractivity contribution in [1.29, 1.82) is 0 Å². The number of aryl methyl sites for hydroxylation is 1. The number of benzene rings is 1. The molecule has 0 heterocycles. The van der Waals surface area contributed by atoms with Crippen LogP contribution in [0.2, 0.25) is 0 Å². The highest BCUT2D eigenvalue weighted by molar-refractivity contribution is 9.10. The standard InChI is InChI=1S/C13H15BrClF3O/c1-7-6-9(14)8(2)11(12(7)19-3)10(15)4-5-13(16,17)18/h6,10H,4-5H2,1-3H3. The average molecular weight is 360 g/mol. The van der Waals surface area contributed by atoms with E-state index in [0.717, 1.165) is 15.6 Å². The van der Waals surface area contributed by atoms with Gasteiger partial charge in [0.05, 0.1) is 12.5 Å². The fourth-order valence-electron chi connectivity index (χ4n) is 1.96. The van der Waals surface area contributed by atoms with E-state index < -0.39 is 18.0 Å². The number of alkyl halides is 4. The van der Waals surface area contributed by atoms with Gasteiger partial charge in [0.15, 0.2) is 0 Å².